The van der Waals surface area contributed by atoms with Crippen LogP contribution in [0.1, 0.15) is 19.3 Å². The second-order valence-corrected chi connectivity index (χ2v) is 8.38. The van der Waals surface area contributed by atoms with Gasteiger partial charge in [-0.05, 0) is 12.8 Å². The summed E-state index contributed by atoms with van der Waals surface area (Å²) in [5, 5.41) is 0.923. The molecule has 0 spiro atoms. The number of imidazole rings is 1. The fourth-order valence-electron chi connectivity index (χ4n) is 3.56. The van der Waals surface area contributed by atoms with Gasteiger partial charge in [0.15, 0.2) is 5.16 Å². The topological polar surface area (TPSA) is 58.2 Å². The molecule has 0 saturated carbocycles. The maximum atomic E-state index is 12.2. The number of rotatable bonds is 8. The number of aromatic amines is 1. The molecule has 30 heavy (non-hydrogen) atoms. The van der Waals surface area contributed by atoms with E-state index in [4.69, 9.17) is 9.72 Å². The predicted molar refractivity (Wildman–Crippen MR) is 121 cm³/mol. The monoisotopic (exact) mass is 421 g/mol. The van der Waals surface area contributed by atoms with Crippen molar-refractivity contribution in [2.45, 2.75) is 24.4 Å². The van der Waals surface area contributed by atoms with Crippen LogP contribution in [0.4, 0.5) is 0 Å². The molecule has 0 atom stereocenters. The summed E-state index contributed by atoms with van der Waals surface area (Å²) in [6.45, 7) is 2.77. The number of carbonyl (C=O) groups excluding carboxylic acids is 1. The fraction of sp³-hybridized carbons (Fsp3) is 0.333. The molecule has 2 heterocycles. The van der Waals surface area contributed by atoms with Gasteiger partial charge in [-0.2, -0.15) is 0 Å². The Morgan fingerprint density at radius 3 is 2.33 bits per heavy atom. The summed E-state index contributed by atoms with van der Waals surface area (Å²) in [4.78, 5) is 22.5. The zero-order valence-corrected chi connectivity index (χ0v) is 17.9. The summed E-state index contributed by atoms with van der Waals surface area (Å²) in [7, 11) is 0. The van der Waals surface area contributed by atoms with Crippen molar-refractivity contribution in [3.8, 4) is 22.5 Å². The Labute approximate surface area is 181 Å². The molecule has 0 unspecified atom stereocenters. The van der Waals surface area contributed by atoms with Gasteiger partial charge < -0.3 is 14.6 Å². The number of carbonyl (C=O) groups is 1. The number of benzene rings is 2. The second kappa shape index (κ2) is 10.5. The molecular weight excluding hydrogens is 394 g/mol. The van der Waals surface area contributed by atoms with Crippen molar-refractivity contribution in [2.24, 2.45) is 0 Å². The molecule has 1 N–H and O–H groups in total. The van der Waals surface area contributed by atoms with Crippen LogP contribution in [-0.2, 0) is 9.53 Å². The van der Waals surface area contributed by atoms with Crippen LogP contribution in [0.3, 0.4) is 0 Å². The van der Waals surface area contributed by atoms with Gasteiger partial charge in [-0.15, -0.1) is 0 Å². The summed E-state index contributed by atoms with van der Waals surface area (Å²) in [5.41, 5.74) is 4.26. The zero-order chi connectivity index (χ0) is 20.6. The molecule has 0 bridgehead atoms. The first-order valence-corrected chi connectivity index (χ1v) is 11.5. The Bertz CT molecular complexity index is 881. The first-order valence-electron chi connectivity index (χ1n) is 10.5. The van der Waals surface area contributed by atoms with Crippen molar-refractivity contribution in [3.05, 3.63) is 60.7 Å². The summed E-state index contributed by atoms with van der Waals surface area (Å²) < 4.78 is 5.31. The Balaban J connectivity index is 1.35. The number of ether oxygens (including phenoxy) is 1. The molecule has 1 fully saturated rings. The number of hydrogen-bond acceptors (Lipinski definition) is 4. The van der Waals surface area contributed by atoms with Crippen LogP contribution in [0.15, 0.2) is 65.8 Å². The molecule has 3 aromatic rings. The highest BCUT2D eigenvalue weighted by Crippen LogP contribution is 2.32. The molecule has 1 aromatic heterocycles. The van der Waals surface area contributed by atoms with Gasteiger partial charge in [-0.1, -0.05) is 72.4 Å². The van der Waals surface area contributed by atoms with Gasteiger partial charge in [0, 0.05) is 36.4 Å². The SMILES string of the molecule is O=C(CCCCSc1nc(-c2ccccc2)c(-c2ccccc2)[nH]1)N1CCOCC1. The number of aromatic nitrogens is 2. The van der Waals surface area contributed by atoms with E-state index < -0.39 is 0 Å². The number of morpholine rings is 1. The molecule has 1 amide bonds. The highest BCUT2D eigenvalue weighted by molar-refractivity contribution is 7.99. The Kier molecular flexibility index (Phi) is 7.21. The summed E-state index contributed by atoms with van der Waals surface area (Å²) in [6.07, 6.45) is 2.51. The van der Waals surface area contributed by atoms with Gasteiger partial charge in [0.1, 0.15) is 0 Å². The summed E-state index contributed by atoms with van der Waals surface area (Å²) in [6, 6.07) is 20.6. The molecule has 6 heteroatoms. The van der Waals surface area contributed by atoms with E-state index in [0.717, 1.165) is 59.4 Å². The lowest BCUT2D eigenvalue weighted by molar-refractivity contribution is -0.135. The number of thioether (sulfide) groups is 1. The number of H-pyrrole nitrogens is 1. The van der Waals surface area contributed by atoms with Crippen LogP contribution in [0.25, 0.3) is 22.5 Å². The molecule has 0 radical (unpaired) electrons. The lowest BCUT2D eigenvalue weighted by atomic mass is 10.1. The molecule has 4 rings (SSSR count). The molecule has 156 valence electrons. The van der Waals surface area contributed by atoms with Crippen molar-refractivity contribution < 1.29 is 9.53 Å². The maximum absolute atomic E-state index is 12.2. The fourth-order valence-corrected chi connectivity index (χ4v) is 4.43. The van der Waals surface area contributed by atoms with Crippen molar-refractivity contribution in [1.82, 2.24) is 14.9 Å². The van der Waals surface area contributed by atoms with E-state index >= 15 is 0 Å². The van der Waals surface area contributed by atoms with E-state index in [0.29, 0.717) is 19.6 Å². The first kappa shape index (κ1) is 20.7. The Morgan fingerprint density at radius 2 is 1.63 bits per heavy atom. The van der Waals surface area contributed by atoms with Crippen molar-refractivity contribution in [3.63, 3.8) is 0 Å². The van der Waals surface area contributed by atoms with Gasteiger partial charge in [-0.3, -0.25) is 4.79 Å². The average molecular weight is 422 g/mol. The van der Waals surface area contributed by atoms with Crippen LogP contribution < -0.4 is 0 Å². The van der Waals surface area contributed by atoms with Crippen LogP contribution in [0.2, 0.25) is 0 Å². The third kappa shape index (κ3) is 5.32. The predicted octanol–water partition coefficient (Wildman–Crippen LogP) is 4.86. The van der Waals surface area contributed by atoms with E-state index in [9.17, 15) is 4.79 Å². The number of unbranched alkanes of at least 4 members (excludes halogenated alkanes) is 1. The second-order valence-electron chi connectivity index (χ2n) is 7.30. The number of nitrogens with one attached hydrogen (secondary N) is 1. The minimum absolute atomic E-state index is 0.249. The number of nitrogens with zero attached hydrogens (tertiary/aromatic N) is 2. The van der Waals surface area contributed by atoms with E-state index in [2.05, 4.69) is 29.2 Å². The van der Waals surface area contributed by atoms with Gasteiger partial charge in [0.05, 0.1) is 24.6 Å². The average Bonchev–Trinajstić information content (AvgIpc) is 3.25. The van der Waals surface area contributed by atoms with Gasteiger partial charge in [-0.25, -0.2) is 4.98 Å². The Morgan fingerprint density at radius 1 is 0.967 bits per heavy atom. The normalized spacial score (nSPS) is 14.1. The zero-order valence-electron chi connectivity index (χ0n) is 17.0. The highest BCUT2D eigenvalue weighted by Gasteiger charge is 2.17. The standard InChI is InChI=1S/C24H27N3O2S/c28-21(27-14-16-29-17-15-27)13-7-8-18-30-24-25-22(19-9-3-1-4-10-19)23(26-24)20-11-5-2-6-12-20/h1-6,9-12H,7-8,13-18H2,(H,25,26). The van der Waals surface area contributed by atoms with Gasteiger partial charge >= 0.3 is 0 Å². The van der Waals surface area contributed by atoms with E-state index in [-0.39, 0.29) is 5.91 Å². The summed E-state index contributed by atoms with van der Waals surface area (Å²) in [5.74, 6) is 1.19. The van der Waals surface area contributed by atoms with Crippen LogP contribution in [0, 0.1) is 0 Å². The van der Waals surface area contributed by atoms with E-state index in [1.54, 1.807) is 11.8 Å². The summed E-state index contributed by atoms with van der Waals surface area (Å²) >= 11 is 1.72. The molecule has 1 aliphatic heterocycles. The van der Waals surface area contributed by atoms with Gasteiger partial charge in [0.25, 0.3) is 0 Å². The molecule has 0 aliphatic carbocycles. The minimum atomic E-state index is 0.249. The van der Waals surface area contributed by atoms with E-state index in [1.807, 2.05) is 41.3 Å². The number of amides is 1. The van der Waals surface area contributed by atoms with Crippen molar-refractivity contribution >= 4 is 17.7 Å². The quantitative estimate of drug-likeness (QED) is 0.417. The molecular formula is C24H27N3O2S. The van der Waals surface area contributed by atoms with Gasteiger partial charge in [0.2, 0.25) is 5.91 Å². The lowest BCUT2D eigenvalue weighted by Gasteiger charge is -2.26. The third-order valence-electron chi connectivity index (χ3n) is 5.18. The van der Waals surface area contributed by atoms with Crippen LogP contribution in [0.5, 0.6) is 0 Å². The largest absolute Gasteiger partial charge is 0.378 e. The highest BCUT2D eigenvalue weighted by atomic mass is 32.2. The Hall–Kier alpha value is -2.57. The third-order valence-corrected chi connectivity index (χ3v) is 6.14. The van der Waals surface area contributed by atoms with E-state index in [1.165, 1.54) is 0 Å². The van der Waals surface area contributed by atoms with Crippen LogP contribution >= 0.6 is 11.8 Å². The first-order chi connectivity index (χ1) is 14.8. The number of hydrogen-bond donors (Lipinski definition) is 1. The van der Waals surface area contributed by atoms with Crippen LogP contribution in [-0.4, -0.2) is 52.8 Å². The lowest BCUT2D eigenvalue weighted by Crippen LogP contribution is -2.40. The molecule has 2 aromatic carbocycles. The minimum Gasteiger partial charge on any atom is -0.378 e. The van der Waals surface area contributed by atoms with Crippen molar-refractivity contribution in [2.75, 3.05) is 32.1 Å². The smallest absolute Gasteiger partial charge is 0.222 e. The molecule has 5 nitrogen and oxygen atoms in total. The van der Waals surface area contributed by atoms with Crippen molar-refractivity contribution in [1.29, 1.82) is 0 Å². The maximum Gasteiger partial charge on any atom is 0.222 e. The molecule has 1 aliphatic rings. The molecule has 1 saturated heterocycles.